The molecular weight excluding hydrogens is 430 g/mol. The lowest BCUT2D eigenvalue weighted by molar-refractivity contribution is 0.103. The second-order valence-electron chi connectivity index (χ2n) is 9.46. The zero-order valence-corrected chi connectivity index (χ0v) is 20.0. The summed E-state index contributed by atoms with van der Waals surface area (Å²) in [6.07, 6.45) is 9.87. The molecule has 3 aromatic rings. The molecule has 1 aromatic heterocycles. The standard InChI is InChI=1S/C28H33NO3S/c30-22-11-14-24-25(19-22)33-28(21-7-3-1-2-4-8-21)26(24)27(31)20-9-12-23(13-10-20)32-18-17-29-15-5-6-16-29/h9-14,19,21,30H,1-8,15-18H2. The molecular formula is C28H33NO3S. The number of carbonyl (C=O) groups is 1. The van der Waals surface area contributed by atoms with Crippen molar-refractivity contribution in [3.63, 3.8) is 0 Å². The number of likely N-dealkylation sites (tertiary alicyclic amines) is 1. The number of carbonyl (C=O) groups excluding carboxylic acids is 1. The Morgan fingerprint density at radius 3 is 2.42 bits per heavy atom. The number of phenolic OH excluding ortho intramolecular Hbond substituents is 1. The van der Waals surface area contributed by atoms with Gasteiger partial charge in [0.15, 0.2) is 5.78 Å². The van der Waals surface area contributed by atoms with Crippen molar-refractivity contribution in [2.75, 3.05) is 26.2 Å². The summed E-state index contributed by atoms with van der Waals surface area (Å²) in [5, 5.41) is 11.0. The fourth-order valence-corrected chi connectivity index (χ4v) is 6.72. The number of benzene rings is 2. The first-order valence-corrected chi connectivity index (χ1v) is 13.3. The van der Waals surface area contributed by atoms with Gasteiger partial charge in [0.25, 0.3) is 0 Å². The minimum atomic E-state index is 0.0785. The van der Waals surface area contributed by atoms with Gasteiger partial charge in [0.1, 0.15) is 18.1 Å². The van der Waals surface area contributed by atoms with Gasteiger partial charge < -0.3 is 9.84 Å². The molecule has 1 saturated carbocycles. The summed E-state index contributed by atoms with van der Waals surface area (Å²) in [7, 11) is 0. The zero-order valence-electron chi connectivity index (χ0n) is 19.2. The summed E-state index contributed by atoms with van der Waals surface area (Å²) >= 11 is 1.69. The number of ether oxygens (including phenoxy) is 1. The van der Waals surface area contributed by atoms with E-state index < -0.39 is 0 Å². The van der Waals surface area contributed by atoms with E-state index in [1.807, 2.05) is 30.3 Å². The third kappa shape index (κ3) is 5.10. The summed E-state index contributed by atoms with van der Waals surface area (Å²) in [4.78, 5) is 17.4. The second kappa shape index (κ2) is 10.3. The molecule has 33 heavy (non-hydrogen) atoms. The first-order chi connectivity index (χ1) is 16.2. The Hall–Kier alpha value is -2.37. The Balaban J connectivity index is 1.38. The second-order valence-corrected chi connectivity index (χ2v) is 10.5. The van der Waals surface area contributed by atoms with Crippen LogP contribution in [0.3, 0.4) is 0 Å². The molecule has 4 nitrogen and oxygen atoms in total. The van der Waals surface area contributed by atoms with Crippen molar-refractivity contribution in [1.82, 2.24) is 4.90 Å². The molecule has 174 valence electrons. The summed E-state index contributed by atoms with van der Waals surface area (Å²) in [5.41, 5.74) is 1.54. The molecule has 0 unspecified atom stereocenters. The quantitative estimate of drug-likeness (QED) is 0.311. The highest BCUT2D eigenvalue weighted by atomic mass is 32.1. The number of nitrogens with zero attached hydrogens (tertiary/aromatic N) is 1. The molecule has 2 fully saturated rings. The molecule has 1 saturated heterocycles. The normalized spacial score (nSPS) is 17.9. The van der Waals surface area contributed by atoms with Crippen molar-refractivity contribution in [2.45, 2.75) is 57.3 Å². The summed E-state index contributed by atoms with van der Waals surface area (Å²) in [6, 6.07) is 13.0. The maximum Gasteiger partial charge on any atom is 0.194 e. The highest BCUT2D eigenvalue weighted by Crippen LogP contribution is 2.43. The van der Waals surface area contributed by atoms with Gasteiger partial charge in [0, 0.05) is 32.6 Å². The molecule has 0 spiro atoms. The Kier molecular flexibility index (Phi) is 6.98. The number of aromatic hydroxyl groups is 1. The maximum absolute atomic E-state index is 13.8. The average Bonchev–Trinajstić information content (AvgIpc) is 3.39. The highest BCUT2D eigenvalue weighted by Gasteiger charge is 2.26. The Morgan fingerprint density at radius 1 is 0.970 bits per heavy atom. The van der Waals surface area contributed by atoms with E-state index in [4.69, 9.17) is 4.74 Å². The van der Waals surface area contributed by atoms with Crippen molar-refractivity contribution in [2.24, 2.45) is 0 Å². The number of hydrogen-bond donors (Lipinski definition) is 1. The molecule has 2 aliphatic rings. The number of fused-ring (bicyclic) bond motifs is 1. The maximum atomic E-state index is 13.8. The fraction of sp³-hybridized carbons (Fsp3) is 0.464. The molecule has 0 atom stereocenters. The third-order valence-electron chi connectivity index (χ3n) is 7.15. The van der Waals surface area contributed by atoms with Crippen LogP contribution in [0.25, 0.3) is 10.1 Å². The summed E-state index contributed by atoms with van der Waals surface area (Å²) < 4.78 is 6.93. The van der Waals surface area contributed by atoms with E-state index in [9.17, 15) is 9.90 Å². The Labute approximate surface area is 200 Å². The van der Waals surface area contributed by atoms with E-state index in [1.54, 1.807) is 23.5 Å². The molecule has 2 heterocycles. The molecule has 0 amide bonds. The van der Waals surface area contributed by atoms with Crippen LogP contribution >= 0.6 is 11.3 Å². The minimum Gasteiger partial charge on any atom is -0.508 e. The third-order valence-corrected chi connectivity index (χ3v) is 8.46. The molecule has 1 aliphatic heterocycles. The molecule has 2 aromatic carbocycles. The Morgan fingerprint density at radius 2 is 1.70 bits per heavy atom. The number of rotatable bonds is 7. The van der Waals surface area contributed by atoms with Crippen molar-refractivity contribution in [3.05, 3.63) is 58.5 Å². The van der Waals surface area contributed by atoms with Crippen LogP contribution in [0.1, 0.15) is 78.1 Å². The predicted octanol–water partition coefficient (Wildman–Crippen LogP) is 6.75. The van der Waals surface area contributed by atoms with Gasteiger partial charge >= 0.3 is 0 Å². The number of hydrogen-bond acceptors (Lipinski definition) is 5. The van der Waals surface area contributed by atoms with Crippen LogP contribution in [0.5, 0.6) is 11.5 Å². The SMILES string of the molecule is O=C(c1ccc(OCCN2CCCC2)cc1)c1c(C2CCCCCC2)sc2cc(O)ccc12. The van der Waals surface area contributed by atoms with Gasteiger partial charge in [-0.1, -0.05) is 25.7 Å². The lowest BCUT2D eigenvalue weighted by Crippen LogP contribution is -2.25. The average molecular weight is 464 g/mol. The monoisotopic (exact) mass is 463 g/mol. The van der Waals surface area contributed by atoms with Crippen LogP contribution in [-0.4, -0.2) is 42.0 Å². The van der Waals surface area contributed by atoms with Gasteiger partial charge in [0.2, 0.25) is 0 Å². The van der Waals surface area contributed by atoms with Crippen molar-refractivity contribution < 1.29 is 14.6 Å². The van der Waals surface area contributed by atoms with E-state index in [-0.39, 0.29) is 11.5 Å². The summed E-state index contributed by atoms with van der Waals surface area (Å²) in [5.74, 6) is 1.58. The Bertz CT molecular complexity index is 1090. The van der Waals surface area contributed by atoms with Crippen LogP contribution in [-0.2, 0) is 0 Å². The lowest BCUT2D eigenvalue weighted by Gasteiger charge is -2.15. The largest absolute Gasteiger partial charge is 0.508 e. The van der Waals surface area contributed by atoms with Crippen molar-refractivity contribution >= 4 is 27.2 Å². The van der Waals surface area contributed by atoms with Crippen molar-refractivity contribution in [1.29, 1.82) is 0 Å². The molecule has 1 aliphatic carbocycles. The van der Waals surface area contributed by atoms with E-state index >= 15 is 0 Å². The zero-order chi connectivity index (χ0) is 22.6. The van der Waals surface area contributed by atoms with Gasteiger partial charge in [-0.2, -0.15) is 0 Å². The molecule has 5 heteroatoms. The van der Waals surface area contributed by atoms with E-state index in [0.29, 0.717) is 18.1 Å². The first kappa shape index (κ1) is 22.4. The highest BCUT2D eigenvalue weighted by molar-refractivity contribution is 7.19. The summed E-state index contributed by atoms with van der Waals surface area (Å²) in [6.45, 7) is 3.98. The molecule has 1 N–H and O–H groups in total. The molecule has 0 radical (unpaired) electrons. The van der Waals surface area contributed by atoms with Gasteiger partial charge in [0.05, 0.1) is 0 Å². The van der Waals surface area contributed by atoms with Crippen LogP contribution in [0, 0.1) is 0 Å². The van der Waals surface area contributed by atoms with Crippen LogP contribution in [0.2, 0.25) is 0 Å². The first-order valence-electron chi connectivity index (χ1n) is 12.4. The smallest absolute Gasteiger partial charge is 0.194 e. The topological polar surface area (TPSA) is 49.8 Å². The minimum absolute atomic E-state index is 0.0785. The number of ketones is 1. The van der Waals surface area contributed by atoms with E-state index in [2.05, 4.69) is 4.90 Å². The predicted molar refractivity (Wildman–Crippen MR) is 135 cm³/mol. The molecule has 5 rings (SSSR count). The van der Waals surface area contributed by atoms with E-state index in [1.165, 1.54) is 56.5 Å². The number of thiophene rings is 1. The molecule has 0 bridgehead atoms. The van der Waals surface area contributed by atoms with Gasteiger partial charge in [-0.25, -0.2) is 0 Å². The van der Waals surface area contributed by atoms with Gasteiger partial charge in [-0.3, -0.25) is 9.69 Å². The van der Waals surface area contributed by atoms with Crippen LogP contribution in [0.15, 0.2) is 42.5 Å². The fourth-order valence-electron chi connectivity index (χ4n) is 5.31. The van der Waals surface area contributed by atoms with Gasteiger partial charge in [-0.05, 0) is 87.2 Å². The van der Waals surface area contributed by atoms with E-state index in [0.717, 1.165) is 40.8 Å². The number of phenols is 1. The van der Waals surface area contributed by atoms with Crippen molar-refractivity contribution in [3.8, 4) is 11.5 Å². The lowest BCUT2D eigenvalue weighted by atomic mass is 9.91. The van der Waals surface area contributed by atoms with Gasteiger partial charge in [-0.15, -0.1) is 11.3 Å². The van der Waals surface area contributed by atoms with Crippen LogP contribution < -0.4 is 4.74 Å². The van der Waals surface area contributed by atoms with Crippen LogP contribution in [0.4, 0.5) is 0 Å².